The van der Waals surface area contributed by atoms with Crippen LogP contribution >= 0.6 is 0 Å². The summed E-state index contributed by atoms with van der Waals surface area (Å²) < 4.78 is 5.41. The summed E-state index contributed by atoms with van der Waals surface area (Å²) in [6, 6.07) is 4.06. The molecule has 2 atom stereocenters. The van der Waals surface area contributed by atoms with Gasteiger partial charge in [0.25, 0.3) is 0 Å². The van der Waals surface area contributed by atoms with Gasteiger partial charge in [0.15, 0.2) is 0 Å². The molecule has 0 aliphatic carbocycles. The van der Waals surface area contributed by atoms with Crippen LogP contribution in [0.1, 0.15) is 37.3 Å². The molecule has 2 unspecified atom stereocenters. The lowest BCUT2D eigenvalue weighted by Crippen LogP contribution is -2.18. The summed E-state index contributed by atoms with van der Waals surface area (Å²) in [5.41, 5.74) is 11.5. The minimum atomic E-state index is -0.0142. The zero-order valence-electron chi connectivity index (χ0n) is 8.29. The predicted octanol–water partition coefficient (Wildman–Crippen LogP) is 1.72. The highest BCUT2D eigenvalue weighted by Crippen LogP contribution is 2.18. The van der Waals surface area contributed by atoms with Crippen LogP contribution in [-0.4, -0.2) is 6.04 Å². The van der Waals surface area contributed by atoms with E-state index in [0.717, 1.165) is 24.4 Å². The van der Waals surface area contributed by atoms with Gasteiger partial charge in [0.05, 0.1) is 6.04 Å². The molecule has 0 saturated carbocycles. The van der Waals surface area contributed by atoms with Gasteiger partial charge in [-0.1, -0.05) is 0 Å². The van der Waals surface area contributed by atoms with Gasteiger partial charge in [-0.05, 0) is 38.8 Å². The summed E-state index contributed by atoms with van der Waals surface area (Å²) in [7, 11) is 0. The van der Waals surface area contributed by atoms with Crippen molar-refractivity contribution in [3.05, 3.63) is 23.7 Å². The Bertz CT molecular complexity index is 255. The van der Waals surface area contributed by atoms with Gasteiger partial charge in [-0.2, -0.15) is 0 Å². The van der Waals surface area contributed by atoms with Crippen LogP contribution in [0, 0.1) is 6.92 Å². The van der Waals surface area contributed by atoms with E-state index in [9.17, 15) is 0 Å². The second-order valence-electron chi connectivity index (χ2n) is 3.61. The highest BCUT2D eigenvalue weighted by atomic mass is 16.3. The third-order valence-electron chi connectivity index (χ3n) is 2.06. The Hall–Kier alpha value is -0.800. The Balaban J connectivity index is 2.44. The molecule has 0 amide bonds. The molecule has 1 rings (SSSR count). The SMILES string of the molecule is Cc1ccc(C(N)CCC(C)N)o1. The topological polar surface area (TPSA) is 65.2 Å². The van der Waals surface area contributed by atoms with E-state index in [-0.39, 0.29) is 12.1 Å². The summed E-state index contributed by atoms with van der Waals surface area (Å²) >= 11 is 0. The highest BCUT2D eigenvalue weighted by Gasteiger charge is 2.10. The fourth-order valence-corrected chi connectivity index (χ4v) is 1.24. The Labute approximate surface area is 79.1 Å². The molecule has 0 bridgehead atoms. The molecule has 0 fully saturated rings. The largest absolute Gasteiger partial charge is 0.465 e. The van der Waals surface area contributed by atoms with Crippen LogP contribution < -0.4 is 11.5 Å². The molecule has 0 aliphatic rings. The lowest BCUT2D eigenvalue weighted by molar-refractivity contribution is 0.422. The van der Waals surface area contributed by atoms with E-state index in [1.807, 2.05) is 26.0 Å². The van der Waals surface area contributed by atoms with Crippen LogP contribution in [-0.2, 0) is 0 Å². The maximum Gasteiger partial charge on any atom is 0.120 e. The zero-order valence-corrected chi connectivity index (χ0v) is 8.29. The maximum absolute atomic E-state index is 5.91. The monoisotopic (exact) mass is 182 g/mol. The molecule has 3 nitrogen and oxygen atoms in total. The third-order valence-corrected chi connectivity index (χ3v) is 2.06. The summed E-state index contributed by atoms with van der Waals surface area (Å²) in [5.74, 6) is 1.77. The van der Waals surface area contributed by atoms with Gasteiger partial charge in [0.2, 0.25) is 0 Å². The van der Waals surface area contributed by atoms with Crippen LogP contribution in [0.4, 0.5) is 0 Å². The van der Waals surface area contributed by atoms with Crippen molar-refractivity contribution < 1.29 is 4.42 Å². The molecule has 0 aliphatic heterocycles. The summed E-state index contributed by atoms with van der Waals surface area (Å²) in [6.45, 7) is 3.90. The minimum absolute atomic E-state index is 0.0142. The number of nitrogens with two attached hydrogens (primary N) is 2. The average molecular weight is 182 g/mol. The van der Waals surface area contributed by atoms with Gasteiger partial charge in [0.1, 0.15) is 11.5 Å². The fourth-order valence-electron chi connectivity index (χ4n) is 1.24. The quantitative estimate of drug-likeness (QED) is 0.745. The van der Waals surface area contributed by atoms with Crippen LogP contribution in [0.3, 0.4) is 0 Å². The van der Waals surface area contributed by atoms with Crippen LogP contribution in [0.2, 0.25) is 0 Å². The van der Waals surface area contributed by atoms with Gasteiger partial charge in [0, 0.05) is 6.04 Å². The van der Waals surface area contributed by atoms with E-state index >= 15 is 0 Å². The van der Waals surface area contributed by atoms with Gasteiger partial charge < -0.3 is 15.9 Å². The second-order valence-corrected chi connectivity index (χ2v) is 3.61. The van der Waals surface area contributed by atoms with E-state index in [0.29, 0.717) is 0 Å². The van der Waals surface area contributed by atoms with Gasteiger partial charge in [-0.25, -0.2) is 0 Å². The average Bonchev–Trinajstić information content (AvgIpc) is 2.47. The maximum atomic E-state index is 5.91. The smallest absolute Gasteiger partial charge is 0.120 e. The van der Waals surface area contributed by atoms with E-state index in [1.165, 1.54) is 0 Å². The molecule has 0 aromatic carbocycles. The van der Waals surface area contributed by atoms with Crippen molar-refractivity contribution in [2.24, 2.45) is 11.5 Å². The standard InChI is InChI=1S/C10H18N2O/c1-7(11)3-5-9(12)10-6-4-8(2)13-10/h4,6-7,9H,3,5,11-12H2,1-2H3. The highest BCUT2D eigenvalue weighted by molar-refractivity contribution is 5.08. The van der Waals surface area contributed by atoms with Gasteiger partial charge >= 0.3 is 0 Å². The Morgan fingerprint density at radius 1 is 1.31 bits per heavy atom. The van der Waals surface area contributed by atoms with Gasteiger partial charge in [-0.3, -0.25) is 0 Å². The van der Waals surface area contributed by atoms with E-state index < -0.39 is 0 Å². The second kappa shape index (κ2) is 4.44. The van der Waals surface area contributed by atoms with Crippen molar-refractivity contribution in [2.45, 2.75) is 38.8 Å². The summed E-state index contributed by atoms with van der Waals surface area (Å²) in [6.07, 6.45) is 1.81. The molecular formula is C10H18N2O. The molecule has 1 heterocycles. The molecule has 1 aromatic heterocycles. The van der Waals surface area contributed by atoms with Crippen LogP contribution in [0.5, 0.6) is 0 Å². The first-order valence-corrected chi connectivity index (χ1v) is 4.67. The van der Waals surface area contributed by atoms with Crippen molar-refractivity contribution in [1.82, 2.24) is 0 Å². The summed E-state index contributed by atoms with van der Waals surface area (Å²) in [5, 5.41) is 0. The Morgan fingerprint density at radius 3 is 2.46 bits per heavy atom. The van der Waals surface area contributed by atoms with Gasteiger partial charge in [-0.15, -0.1) is 0 Å². The molecule has 4 N–H and O–H groups in total. The zero-order chi connectivity index (χ0) is 9.84. The first-order valence-electron chi connectivity index (χ1n) is 4.67. The molecule has 74 valence electrons. The van der Waals surface area contributed by atoms with E-state index in [1.54, 1.807) is 0 Å². The minimum Gasteiger partial charge on any atom is -0.465 e. The number of rotatable bonds is 4. The molecule has 3 heteroatoms. The number of hydrogen-bond acceptors (Lipinski definition) is 3. The van der Waals surface area contributed by atoms with Crippen molar-refractivity contribution in [3.63, 3.8) is 0 Å². The predicted molar refractivity (Wildman–Crippen MR) is 53.3 cm³/mol. The van der Waals surface area contributed by atoms with Crippen molar-refractivity contribution in [3.8, 4) is 0 Å². The van der Waals surface area contributed by atoms with Crippen molar-refractivity contribution >= 4 is 0 Å². The number of furan rings is 1. The molecular weight excluding hydrogens is 164 g/mol. The third kappa shape index (κ3) is 3.20. The number of aryl methyl sites for hydroxylation is 1. The number of hydrogen-bond donors (Lipinski definition) is 2. The van der Waals surface area contributed by atoms with E-state index in [2.05, 4.69) is 0 Å². The Kier molecular flexibility index (Phi) is 3.51. The van der Waals surface area contributed by atoms with Crippen LogP contribution in [0.25, 0.3) is 0 Å². The summed E-state index contributed by atoms with van der Waals surface area (Å²) in [4.78, 5) is 0. The fraction of sp³-hybridized carbons (Fsp3) is 0.600. The van der Waals surface area contributed by atoms with Crippen molar-refractivity contribution in [2.75, 3.05) is 0 Å². The van der Waals surface area contributed by atoms with E-state index in [4.69, 9.17) is 15.9 Å². The van der Waals surface area contributed by atoms with Crippen molar-refractivity contribution in [1.29, 1.82) is 0 Å². The molecule has 1 aromatic rings. The molecule has 0 saturated heterocycles. The first kappa shape index (κ1) is 10.3. The molecule has 0 spiro atoms. The lowest BCUT2D eigenvalue weighted by atomic mass is 10.1. The molecule has 0 radical (unpaired) electrons. The molecule has 13 heavy (non-hydrogen) atoms. The lowest BCUT2D eigenvalue weighted by Gasteiger charge is -2.10. The first-order chi connectivity index (χ1) is 6.09. The normalized spacial score (nSPS) is 15.7. The Morgan fingerprint density at radius 2 is 2.00 bits per heavy atom. The van der Waals surface area contributed by atoms with Crippen LogP contribution in [0.15, 0.2) is 16.5 Å².